The van der Waals surface area contributed by atoms with Gasteiger partial charge in [-0.2, -0.15) is 0 Å². The topological polar surface area (TPSA) is 37.8 Å². The zero-order valence-electron chi connectivity index (χ0n) is 10.9. The average Bonchev–Trinajstić information content (AvgIpc) is 2.38. The second kappa shape index (κ2) is 6.35. The van der Waals surface area contributed by atoms with E-state index in [1.54, 1.807) is 0 Å². The van der Waals surface area contributed by atoms with Crippen LogP contribution in [0.1, 0.15) is 24.7 Å². The average molecular weight is 341 g/mol. The molecule has 0 saturated carbocycles. The molecule has 1 aromatic heterocycles. The van der Waals surface area contributed by atoms with Crippen LogP contribution in [0.4, 0.5) is 11.5 Å². The van der Waals surface area contributed by atoms with Crippen molar-refractivity contribution in [1.29, 1.82) is 0 Å². The highest BCUT2D eigenvalue weighted by atomic mass is 79.9. The smallest absolute Gasteiger partial charge is 0.138 e. The molecule has 1 aromatic carbocycles. The summed E-state index contributed by atoms with van der Waals surface area (Å²) < 4.78 is 1.04. The van der Waals surface area contributed by atoms with Crippen molar-refractivity contribution in [2.75, 3.05) is 5.32 Å². The van der Waals surface area contributed by atoms with Gasteiger partial charge < -0.3 is 5.32 Å². The largest absolute Gasteiger partial charge is 0.340 e. The molecule has 100 valence electrons. The number of halogens is 2. The summed E-state index contributed by atoms with van der Waals surface area (Å²) in [5, 5.41) is 3.79. The zero-order chi connectivity index (χ0) is 13.8. The van der Waals surface area contributed by atoms with Gasteiger partial charge in [-0.15, -0.1) is 0 Å². The third kappa shape index (κ3) is 3.67. The first kappa shape index (κ1) is 14.3. The van der Waals surface area contributed by atoms with Crippen LogP contribution < -0.4 is 5.32 Å². The molecule has 2 aromatic rings. The second-order valence-corrected chi connectivity index (χ2v) is 5.56. The molecule has 5 heteroatoms. The molecule has 0 bridgehead atoms. The number of aromatic nitrogens is 2. The number of nitrogens with one attached hydrogen (secondary N) is 1. The summed E-state index contributed by atoms with van der Waals surface area (Å²) in [6, 6.07) is 7.93. The van der Waals surface area contributed by atoms with Gasteiger partial charge in [0.25, 0.3) is 0 Å². The molecule has 0 spiro atoms. The molecule has 0 unspecified atom stereocenters. The molecule has 19 heavy (non-hydrogen) atoms. The summed E-state index contributed by atoms with van der Waals surface area (Å²) in [4.78, 5) is 8.81. The van der Waals surface area contributed by atoms with E-state index in [4.69, 9.17) is 11.6 Å². The molecule has 1 N–H and O–H groups in total. The SMILES string of the molecule is CCCc1nc(Cl)c(C)c(Nc2ccc(Br)cc2)n1. The molecular formula is C14H15BrClN3. The minimum absolute atomic E-state index is 0.512. The van der Waals surface area contributed by atoms with Crippen LogP contribution in [-0.4, -0.2) is 9.97 Å². The van der Waals surface area contributed by atoms with Gasteiger partial charge in [0.1, 0.15) is 16.8 Å². The van der Waals surface area contributed by atoms with Gasteiger partial charge in [0.15, 0.2) is 0 Å². The number of rotatable bonds is 4. The van der Waals surface area contributed by atoms with Crippen LogP contribution in [0.25, 0.3) is 0 Å². The van der Waals surface area contributed by atoms with Crippen molar-refractivity contribution in [1.82, 2.24) is 9.97 Å². The third-order valence-electron chi connectivity index (χ3n) is 2.71. The van der Waals surface area contributed by atoms with E-state index in [9.17, 15) is 0 Å². The predicted octanol–water partition coefficient (Wildman–Crippen LogP) is 4.90. The normalized spacial score (nSPS) is 10.5. The summed E-state index contributed by atoms with van der Waals surface area (Å²) >= 11 is 9.56. The van der Waals surface area contributed by atoms with E-state index in [2.05, 4.69) is 38.1 Å². The Hall–Kier alpha value is -1.13. The van der Waals surface area contributed by atoms with Crippen LogP contribution in [0.2, 0.25) is 5.15 Å². The summed E-state index contributed by atoms with van der Waals surface area (Å²) in [6.07, 6.45) is 1.83. The van der Waals surface area contributed by atoms with Crippen LogP contribution in [0.3, 0.4) is 0 Å². The maximum atomic E-state index is 6.15. The van der Waals surface area contributed by atoms with Gasteiger partial charge in [-0.1, -0.05) is 34.5 Å². The Labute approximate surface area is 126 Å². The Kier molecular flexibility index (Phi) is 4.77. The Morgan fingerprint density at radius 2 is 1.89 bits per heavy atom. The van der Waals surface area contributed by atoms with E-state index in [0.29, 0.717) is 5.15 Å². The van der Waals surface area contributed by atoms with Crippen molar-refractivity contribution in [3.63, 3.8) is 0 Å². The summed E-state index contributed by atoms with van der Waals surface area (Å²) in [5.41, 5.74) is 1.84. The monoisotopic (exact) mass is 339 g/mol. The lowest BCUT2D eigenvalue weighted by atomic mass is 10.2. The fraction of sp³-hybridized carbons (Fsp3) is 0.286. The lowest BCUT2D eigenvalue weighted by molar-refractivity contribution is 0.833. The molecule has 0 aliphatic heterocycles. The zero-order valence-corrected chi connectivity index (χ0v) is 13.2. The maximum absolute atomic E-state index is 6.15. The predicted molar refractivity (Wildman–Crippen MR) is 83.2 cm³/mol. The van der Waals surface area contributed by atoms with Crippen molar-refractivity contribution in [2.24, 2.45) is 0 Å². The fourth-order valence-corrected chi connectivity index (χ4v) is 2.11. The van der Waals surface area contributed by atoms with Crippen LogP contribution in [0.5, 0.6) is 0 Å². The quantitative estimate of drug-likeness (QED) is 0.805. The molecule has 0 radical (unpaired) electrons. The van der Waals surface area contributed by atoms with E-state index in [1.807, 2.05) is 31.2 Å². The minimum atomic E-state index is 0.512. The first-order valence-corrected chi connectivity index (χ1v) is 7.33. The first-order chi connectivity index (χ1) is 9.10. The van der Waals surface area contributed by atoms with E-state index < -0.39 is 0 Å². The standard InChI is InChI=1S/C14H15BrClN3/c1-3-4-12-18-13(16)9(2)14(19-12)17-11-7-5-10(15)6-8-11/h5-8H,3-4H2,1-2H3,(H,17,18,19). The number of anilines is 2. The number of nitrogens with zero attached hydrogens (tertiary/aromatic N) is 2. The highest BCUT2D eigenvalue weighted by Crippen LogP contribution is 2.24. The molecule has 0 saturated heterocycles. The Bertz CT molecular complexity index is 570. The van der Waals surface area contributed by atoms with Gasteiger partial charge in [0.2, 0.25) is 0 Å². The third-order valence-corrected chi connectivity index (χ3v) is 3.61. The van der Waals surface area contributed by atoms with Gasteiger partial charge in [0, 0.05) is 22.1 Å². The minimum Gasteiger partial charge on any atom is -0.340 e. The summed E-state index contributed by atoms with van der Waals surface area (Å²) in [5.74, 6) is 1.54. The fourth-order valence-electron chi connectivity index (χ4n) is 1.66. The lowest BCUT2D eigenvalue weighted by Gasteiger charge is -2.11. The van der Waals surface area contributed by atoms with Crippen molar-refractivity contribution in [3.05, 3.63) is 45.3 Å². The van der Waals surface area contributed by atoms with E-state index in [-0.39, 0.29) is 0 Å². The van der Waals surface area contributed by atoms with Gasteiger partial charge in [0.05, 0.1) is 0 Å². The maximum Gasteiger partial charge on any atom is 0.138 e. The molecule has 0 fully saturated rings. The van der Waals surface area contributed by atoms with E-state index in [1.165, 1.54) is 0 Å². The summed E-state index contributed by atoms with van der Waals surface area (Å²) in [6.45, 7) is 4.01. The van der Waals surface area contributed by atoms with Crippen LogP contribution in [0, 0.1) is 6.92 Å². The molecule has 1 heterocycles. The number of hydrogen-bond acceptors (Lipinski definition) is 3. The molecule has 0 aliphatic rings. The molecule has 0 amide bonds. The van der Waals surface area contributed by atoms with Crippen LogP contribution in [-0.2, 0) is 6.42 Å². The van der Waals surface area contributed by atoms with Gasteiger partial charge in [-0.05, 0) is 37.6 Å². The highest BCUT2D eigenvalue weighted by Gasteiger charge is 2.09. The molecule has 0 atom stereocenters. The van der Waals surface area contributed by atoms with Crippen molar-refractivity contribution in [3.8, 4) is 0 Å². The van der Waals surface area contributed by atoms with Crippen LogP contribution >= 0.6 is 27.5 Å². The van der Waals surface area contributed by atoms with Crippen molar-refractivity contribution in [2.45, 2.75) is 26.7 Å². The Balaban J connectivity index is 2.30. The molecule has 2 rings (SSSR count). The molecule has 3 nitrogen and oxygen atoms in total. The molecule has 0 aliphatic carbocycles. The van der Waals surface area contributed by atoms with Gasteiger partial charge in [-0.25, -0.2) is 9.97 Å². The molecular weight excluding hydrogens is 326 g/mol. The second-order valence-electron chi connectivity index (χ2n) is 4.29. The van der Waals surface area contributed by atoms with Crippen molar-refractivity contribution < 1.29 is 0 Å². The first-order valence-electron chi connectivity index (χ1n) is 6.15. The van der Waals surface area contributed by atoms with E-state index in [0.717, 1.165) is 40.2 Å². The van der Waals surface area contributed by atoms with Crippen molar-refractivity contribution >= 4 is 39.0 Å². The van der Waals surface area contributed by atoms with Gasteiger partial charge >= 0.3 is 0 Å². The number of hydrogen-bond donors (Lipinski definition) is 1. The highest BCUT2D eigenvalue weighted by molar-refractivity contribution is 9.10. The Morgan fingerprint density at radius 3 is 2.53 bits per heavy atom. The van der Waals surface area contributed by atoms with E-state index >= 15 is 0 Å². The Morgan fingerprint density at radius 1 is 1.21 bits per heavy atom. The summed E-state index contributed by atoms with van der Waals surface area (Å²) in [7, 11) is 0. The lowest BCUT2D eigenvalue weighted by Crippen LogP contribution is -2.03. The van der Waals surface area contributed by atoms with Gasteiger partial charge in [-0.3, -0.25) is 0 Å². The number of aryl methyl sites for hydroxylation is 1. The van der Waals surface area contributed by atoms with Crippen LogP contribution in [0.15, 0.2) is 28.7 Å². The number of benzene rings is 1.